The smallest absolute Gasteiger partial charge is 0.320 e. The number of aliphatic hydroxyl groups excluding tert-OH is 2. The summed E-state index contributed by atoms with van der Waals surface area (Å²) < 4.78 is 0. The topological polar surface area (TPSA) is 283 Å². The van der Waals surface area contributed by atoms with Gasteiger partial charge in [-0.15, -0.1) is 0 Å². The molecule has 0 heterocycles. The summed E-state index contributed by atoms with van der Waals surface area (Å²) >= 11 is 0. The van der Waals surface area contributed by atoms with Crippen molar-refractivity contribution in [1.29, 1.82) is 21.0 Å². The van der Waals surface area contributed by atoms with Gasteiger partial charge in [0.25, 0.3) is 11.8 Å². The number of carbonyl (C=O) groups is 3. The van der Waals surface area contributed by atoms with Crippen molar-refractivity contribution in [2.24, 2.45) is 23.3 Å². The van der Waals surface area contributed by atoms with Crippen LogP contribution in [0.4, 0.5) is 11.4 Å². The molecular formula is C34H36N8O6. The van der Waals surface area contributed by atoms with Gasteiger partial charge in [-0.2, -0.15) is 21.0 Å². The van der Waals surface area contributed by atoms with Crippen LogP contribution in [0.15, 0.2) is 71.2 Å². The fourth-order valence-electron chi connectivity index (χ4n) is 3.85. The zero-order valence-electron chi connectivity index (χ0n) is 26.0. The number of benzene rings is 2. The van der Waals surface area contributed by atoms with Crippen LogP contribution in [0.3, 0.4) is 0 Å². The summed E-state index contributed by atoms with van der Waals surface area (Å²) in [5.41, 5.74) is 11.8. The first-order valence-corrected chi connectivity index (χ1v) is 15.0. The fourth-order valence-corrected chi connectivity index (χ4v) is 3.85. The van der Waals surface area contributed by atoms with Gasteiger partial charge < -0.3 is 37.4 Å². The highest BCUT2D eigenvalue weighted by molar-refractivity contribution is 6.07. The number of anilines is 2. The molecule has 0 bridgehead atoms. The zero-order valence-corrected chi connectivity index (χ0v) is 26.0. The van der Waals surface area contributed by atoms with E-state index in [1.807, 2.05) is 12.1 Å². The van der Waals surface area contributed by atoms with E-state index < -0.39 is 23.8 Å². The highest BCUT2D eigenvalue weighted by atomic mass is 16.4. The molecule has 2 aromatic rings. The van der Waals surface area contributed by atoms with Gasteiger partial charge in [0.1, 0.15) is 29.7 Å². The molecule has 14 heteroatoms. The number of amides is 2. The molecule has 248 valence electrons. The average Bonchev–Trinajstić information content (AvgIpc) is 4.00. The van der Waals surface area contributed by atoms with Crippen LogP contribution in [0.2, 0.25) is 0 Å². The van der Waals surface area contributed by atoms with Gasteiger partial charge in [-0.05, 0) is 93.6 Å². The summed E-state index contributed by atoms with van der Waals surface area (Å²) in [6.07, 6.45) is 5.39. The maximum absolute atomic E-state index is 11.9. The lowest BCUT2D eigenvalue weighted by atomic mass is 10.1. The predicted molar refractivity (Wildman–Crippen MR) is 174 cm³/mol. The van der Waals surface area contributed by atoms with Crippen molar-refractivity contribution in [3.8, 4) is 24.3 Å². The fraction of sp³-hybridized carbons (Fsp3) is 0.324. The quantitative estimate of drug-likeness (QED) is 0.0784. The van der Waals surface area contributed by atoms with Crippen molar-refractivity contribution in [1.82, 2.24) is 0 Å². The Balaban J connectivity index is 0.000000264. The number of hydrogen-bond acceptors (Lipinski definition) is 11. The van der Waals surface area contributed by atoms with Crippen LogP contribution in [0.5, 0.6) is 0 Å². The first-order valence-electron chi connectivity index (χ1n) is 15.0. The van der Waals surface area contributed by atoms with Crippen LogP contribution in [-0.4, -0.2) is 45.7 Å². The molecule has 9 N–H and O–H groups in total. The van der Waals surface area contributed by atoms with Crippen molar-refractivity contribution in [2.75, 3.05) is 17.2 Å². The molecule has 1 atom stereocenters. The van der Waals surface area contributed by atoms with Gasteiger partial charge in [0, 0.05) is 23.2 Å². The van der Waals surface area contributed by atoms with E-state index in [2.05, 4.69) is 10.6 Å². The number of nitrogens with one attached hydrogen (secondary N) is 2. The van der Waals surface area contributed by atoms with Gasteiger partial charge in [-0.3, -0.25) is 14.4 Å². The number of nitrogens with two attached hydrogens (primary N) is 2. The van der Waals surface area contributed by atoms with Crippen LogP contribution < -0.4 is 22.1 Å². The normalized spacial score (nSPS) is 14.5. The highest BCUT2D eigenvalue weighted by Crippen LogP contribution is 2.37. The van der Waals surface area contributed by atoms with Crippen LogP contribution in [0, 0.1) is 57.2 Å². The Morgan fingerprint density at radius 1 is 0.708 bits per heavy atom. The molecular weight excluding hydrogens is 616 g/mol. The van der Waals surface area contributed by atoms with Gasteiger partial charge in [-0.25, -0.2) is 0 Å². The minimum atomic E-state index is -0.933. The summed E-state index contributed by atoms with van der Waals surface area (Å²) in [5, 5.41) is 68.0. The number of aliphatic carboxylic acids is 1. The molecule has 2 fully saturated rings. The SMILES string of the molecule is N#CC(C(=O)Nc1ccc(C#N)cc1)=C(O)C1CC1.N#CC(C(=O)Nc1ccc(C#N)cc1)=C(O)C1CC1.NCCCC[C@H](N)C(=O)O. The minimum absolute atomic E-state index is 0.0543. The second-order valence-electron chi connectivity index (χ2n) is 10.8. The molecule has 2 amide bonds. The maximum atomic E-state index is 11.9. The van der Waals surface area contributed by atoms with E-state index in [1.165, 1.54) is 0 Å². The lowest BCUT2D eigenvalue weighted by Gasteiger charge is -2.05. The Hall–Kier alpha value is -6.19. The van der Waals surface area contributed by atoms with Gasteiger partial charge in [0.15, 0.2) is 11.1 Å². The van der Waals surface area contributed by atoms with E-state index in [-0.39, 0.29) is 34.5 Å². The molecule has 2 aromatic carbocycles. The monoisotopic (exact) mass is 652 g/mol. The summed E-state index contributed by atoms with van der Waals surface area (Å²) in [6, 6.07) is 19.2. The first kappa shape index (κ1) is 38.0. The molecule has 4 rings (SSSR count). The molecule has 0 saturated heterocycles. The number of nitriles is 4. The third-order valence-electron chi connectivity index (χ3n) is 6.95. The second kappa shape index (κ2) is 19.4. The lowest BCUT2D eigenvalue weighted by molar-refractivity contribution is -0.138. The molecule has 0 aliphatic heterocycles. The molecule has 0 unspecified atom stereocenters. The zero-order chi connectivity index (χ0) is 35.6. The van der Waals surface area contributed by atoms with Gasteiger partial charge in [0.2, 0.25) is 0 Å². The lowest BCUT2D eigenvalue weighted by Crippen LogP contribution is -2.29. The molecule has 48 heavy (non-hydrogen) atoms. The number of hydrogen-bond donors (Lipinski definition) is 7. The number of unbranched alkanes of at least 4 members (excludes halogenated alkanes) is 1. The molecule has 14 nitrogen and oxygen atoms in total. The van der Waals surface area contributed by atoms with Gasteiger partial charge in [0.05, 0.1) is 23.3 Å². The largest absolute Gasteiger partial charge is 0.510 e. The Kier molecular flexibility index (Phi) is 15.3. The van der Waals surface area contributed by atoms with E-state index in [4.69, 9.17) is 37.6 Å². The van der Waals surface area contributed by atoms with E-state index in [0.717, 1.165) is 38.5 Å². The molecule has 0 radical (unpaired) electrons. The Morgan fingerprint density at radius 3 is 1.35 bits per heavy atom. The first-order chi connectivity index (χ1) is 23.0. The third kappa shape index (κ3) is 12.7. The summed E-state index contributed by atoms with van der Waals surface area (Å²) in [5.74, 6) is -2.56. The summed E-state index contributed by atoms with van der Waals surface area (Å²) in [7, 11) is 0. The minimum Gasteiger partial charge on any atom is -0.510 e. The number of carboxylic acid groups (broad SMARTS) is 1. The predicted octanol–water partition coefficient (Wildman–Crippen LogP) is 4.01. The summed E-state index contributed by atoms with van der Waals surface area (Å²) in [6.45, 7) is 0.604. The van der Waals surface area contributed by atoms with Gasteiger partial charge in [-0.1, -0.05) is 6.42 Å². The van der Waals surface area contributed by atoms with Crippen molar-refractivity contribution in [2.45, 2.75) is 51.0 Å². The second-order valence-corrected chi connectivity index (χ2v) is 10.8. The van der Waals surface area contributed by atoms with Crippen LogP contribution >= 0.6 is 0 Å². The Labute approximate surface area is 277 Å². The molecule has 2 aliphatic rings. The maximum Gasteiger partial charge on any atom is 0.320 e. The average molecular weight is 653 g/mol. The van der Waals surface area contributed by atoms with Crippen molar-refractivity contribution in [3.05, 3.63) is 82.3 Å². The third-order valence-corrected chi connectivity index (χ3v) is 6.95. The van der Waals surface area contributed by atoms with E-state index >= 15 is 0 Å². The molecule has 0 spiro atoms. The number of nitrogens with zero attached hydrogens (tertiary/aromatic N) is 4. The van der Waals surface area contributed by atoms with E-state index in [9.17, 15) is 24.6 Å². The van der Waals surface area contributed by atoms with Crippen molar-refractivity contribution < 1.29 is 29.7 Å². The van der Waals surface area contributed by atoms with Gasteiger partial charge >= 0.3 is 5.97 Å². The number of carboxylic acids is 1. The summed E-state index contributed by atoms with van der Waals surface area (Å²) in [4.78, 5) is 33.8. The highest BCUT2D eigenvalue weighted by Gasteiger charge is 2.31. The van der Waals surface area contributed by atoms with E-state index in [1.54, 1.807) is 60.7 Å². The number of rotatable bonds is 11. The van der Waals surface area contributed by atoms with Crippen LogP contribution in [0.25, 0.3) is 0 Å². The van der Waals surface area contributed by atoms with Crippen LogP contribution in [0.1, 0.15) is 56.1 Å². The number of aliphatic hydroxyl groups is 2. The molecule has 0 aromatic heterocycles. The Morgan fingerprint density at radius 2 is 1.08 bits per heavy atom. The van der Waals surface area contributed by atoms with Crippen LogP contribution in [-0.2, 0) is 14.4 Å². The van der Waals surface area contributed by atoms with E-state index in [0.29, 0.717) is 35.5 Å². The van der Waals surface area contributed by atoms with Crippen molar-refractivity contribution >= 4 is 29.2 Å². The van der Waals surface area contributed by atoms with Crippen molar-refractivity contribution in [3.63, 3.8) is 0 Å². The molecule has 2 aliphatic carbocycles. The standard InChI is InChI=1S/2C14H11N3O2.C6H14N2O2/c2*15-7-9-1-5-11(6-2-9)17-14(19)12(8-16)13(18)10-3-4-10;7-4-2-1-3-5(8)6(9)10/h2*1-2,5-6,10,18H,3-4H2,(H,17,19);5H,1-4,7-8H2,(H,9,10)/t;;5-/m..0/s1. The molecule has 2 saturated carbocycles. The number of allylic oxidation sites excluding steroid dienone is 2. The Bertz CT molecular complexity index is 1570. The number of carbonyl (C=O) groups excluding carboxylic acids is 2.